The Balaban J connectivity index is 1.54. The fraction of sp³-hybridized carbons (Fsp3) is 0.750. The number of rotatable bonds is 6. The van der Waals surface area contributed by atoms with E-state index in [1.807, 2.05) is 6.26 Å². The number of hydrogen-bond donors (Lipinski definition) is 1. The van der Waals surface area contributed by atoms with E-state index in [9.17, 15) is 0 Å². The van der Waals surface area contributed by atoms with E-state index in [1.54, 1.807) is 0 Å². The largest absolute Gasteiger partial charge is 0.468 e. The van der Waals surface area contributed by atoms with Gasteiger partial charge < -0.3 is 9.73 Å². The highest BCUT2D eigenvalue weighted by molar-refractivity contribution is 5.17. The maximum absolute atomic E-state index is 5.63. The van der Waals surface area contributed by atoms with E-state index in [2.05, 4.69) is 23.2 Å². The summed E-state index contributed by atoms with van der Waals surface area (Å²) >= 11 is 0. The summed E-state index contributed by atoms with van der Waals surface area (Å²) in [6, 6.07) is 2.15. The molecule has 2 unspecified atom stereocenters. The molecule has 0 bridgehead atoms. The van der Waals surface area contributed by atoms with Crippen molar-refractivity contribution in [1.29, 1.82) is 0 Å². The lowest BCUT2D eigenvalue weighted by Gasteiger charge is -2.16. The molecular formula is C16H26N2O. The third-order valence-corrected chi connectivity index (χ3v) is 4.75. The molecule has 0 amide bonds. The Morgan fingerprint density at radius 1 is 1.32 bits per heavy atom. The average Bonchev–Trinajstić information content (AvgIpc) is 3.06. The van der Waals surface area contributed by atoms with Gasteiger partial charge in [-0.2, -0.15) is 0 Å². The van der Waals surface area contributed by atoms with E-state index < -0.39 is 0 Å². The molecule has 1 aromatic rings. The van der Waals surface area contributed by atoms with E-state index in [0.717, 1.165) is 37.2 Å². The lowest BCUT2D eigenvalue weighted by molar-refractivity contribution is 0.300. The van der Waals surface area contributed by atoms with Gasteiger partial charge in [0.05, 0.1) is 12.8 Å². The predicted octanol–water partition coefficient (Wildman–Crippen LogP) is 3.01. The van der Waals surface area contributed by atoms with Crippen molar-refractivity contribution in [2.75, 3.05) is 19.6 Å². The zero-order valence-corrected chi connectivity index (χ0v) is 12.0. The van der Waals surface area contributed by atoms with Gasteiger partial charge in [-0.15, -0.1) is 0 Å². The topological polar surface area (TPSA) is 28.4 Å². The van der Waals surface area contributed by atoms with Gasteiger partial charge in [0.15, 0.2) is 0 Å². The molecule has 1 aliphatic carbocycles. The van der Waals surface area contributed by atoms with Crippen molar-refractivity contribution in [3.05, 3.63) is 23.7 Å². The maximum Gasteiger partial charge on any atom is 0.122 e. The average molecular weight is 262 g/mol. The summed E-state index contributed by atoms with van der Waals surface area (Å²) in [4.78, 5) is 2.63. The summed E-state index contributed by atoms with van der Waals surface area (Å²) < 4.78 is 5.63. The van der Waals surface area contributed by atoms with Gasteiger partial charge in [0.2, 0.25) is 0 Å². The molecule has 1 saturated carbocycles. The molecule has 2 heterocycles. The quantitative estimate of drug-likeness (QED) is 0.799. The second kappa shape index (κ2) is 6.10. The third-order valence-electron chi connectivity index (χ3n) is 4.75. The Morgan fingerprint density at radius 2 is 2.11 bits per heavy atom. The minimum atomic E-state index is 0.872. The molecule has 1 aliphatic heterocycles. The first-order valence-electron chi connectivity index (χ1n) is 7.85. The van der Waals surface area contributed by atoms with Crippen molar-refractivity contribution in [1.82, 2.24) is 10.2 Å². The SMILES string of the molecule is CCCNCc1occc1CN1CC2CCCC2C1. The van der Waals surface area contributed by atoms with Crippen LogP contribution in [0.1, 0.15) is 43.9 Å². The van der Waals surface area contributed by atoms with Gasteiger partial charge in [-0.1, -0.05) is 13.3 Å². The van der Waals surface area contributed by atoms with Crippen LogP contribution in [0.3, 0.4) is 0 Å². The molecule has 0 aromatic carbocycles. The van der Waals surface area contributed by atoms with Gasteiger partial charge in [0, 0.05) is 25.2 Å². The van der Waals surface area contributed by atoms with Crippen molar-refractivity contribution in [3.63, 3.8) is 0 Å². The molecule has 1 N–H and O–H groups in total. The highest BCUT2D eigenvalue weighted by Crippen LogP contribution is 2.38. The number of nitrogens with zero attached hydrogens (tertiary/aromatic N) is 1. The van der Waals surface area contributed by atoms with Crippen LogP contribution >= 0.6 is 0 Å². The molecule has 106 valence electrons. The van der Waals surface area contributed by atoms with Crippen molar-refractivity contribution in [2.24, 2.45) is 11.8 Å². The van der Waals surface area contributed by atoms with E-state index in [0.29, 0.717) is 0 Å². The van der Waals surface area contributed by atoms with Crippen LogP contribution < -0.4 is 5.32 Å². The predicted molar refractivity (Wildman–Crippen MR) is 76.8 cm³/mol. The summed E-state index contributed by atoms with van der Waals surface area (Å²) in [5.74, 6) is 3.09. The Morgan fingerprint density at radius 3 is 2.84 bits per heavy atom. The molecule has 2 atom stereocenters. The van der Waals surface area contributed by atoms with E-state index in [4.69, 9.17) is 4.42 Å². The molecular weight excluding hydrogens is 236 g/mol. The third kappa shape index (κ3) is 3.03. The van der Waals surface area contributed by atoms with E-state index >= 15 is 0 Å². The molecule has 0 radical (unpaired) electrons. The Labute approximate surface area is 116 Å². The second-order valence-electron chi connectivity index (χ2n) is 6.19. The number of furan rings is 1. The molecule has 2 aliphatic rings. The minimum absolute atomic E-state index is 0.872. The van der Waals surface area contributed by atoms with Gasteiger partial charge in [0.25, 0.3) is 0 Å². The lowest BCUT2D eigenvalue weighted by atomic mass is 10.0. The van der Waals surface area contributed by atoms with Crippen molar-refractivity contribution < 1.29 is 4.42 Å². The standard InChI is InChI=1S/C16H26N2O/c1-2-7-17-9-16-15(6-8-19-16)12-18-10-13-4-3-5-14(13)11-18/h6,8,13-14,17H,2-5,7,9-12H2,1H3. The minimum Gasteiger partial charge on any atom is -0.468 e. The number of likely N-dealkylation sites (tertiary alicyclic amines) is 1. The Kier molecular flexibility index (Phi) is 4.24. The van der Waals surface area contributed by atoms with Gasteiger partial charge in [0.1, 0.15) is 5.76 Å². The van der Waals surface area contributed by atoms with Gasteiger partial charge in [-0.05, 0) is 43.7 Å². The first kappa shape index (κ1) is 13.2. The van der Waals surface area contributed by atoms with Crippen LogP contribution in [0.2, 0.25) is 0 Å². The van der Waals surface area contributed by atoms with Crippen molar-refractivity contribution in [3.8, 4) is 0 Å². The zero-order valence-electron chi connectivity index (χ0n) is 12.0. The van der Waals surface area contributed by atoms with Crippen LogP contribution in [-0.4, -0.2) is 24.5 Å². The molecule has 3 nitrogen and oxygen atoms in total. The second-order valence-corrected chi connectivity index (χ2v) is 6.19. The first-order valence-corrected chi connectivity index (χ1v) is 7.85. The van der Waals surface area contributed by atoms with Crippen LogP contribution in [0, 0.1) is 11.8 Å². The molecule has 1 aromatic heterocycles. The normalized spacial score (nSPS) is 27.0. The smallest absolute Gasteiger partial charge is 0.122 e. The highest BCUT2D eigenvalue weighted by Gasteiger charge is 2.36. The van der Waals surface area contributed by atoms with E-state index in [1.165, 1.54) is 44.3 Å². The highest BCUT2D eigenvalue weighted by atomic mass is 16.3. The van der Waals surface area contributed by atoms with Gasteiger partial charge >= 0.3 is 0 Å². The van der Waals surface area contributed by atoms with Crippen LogP contribution in [-0.2, 0) is 13.1 Å². The van der Waals surface area contributed by atoms with Gasteiger partial charge in [-0.25, -0.2) is 0 Å². The first-order chi connectivity index (χ1) is 9.36. The van der Waals surface area contributed by atoms with Crippen LogP contribution in [0.5, 0.6) is 0 Å². The zero-order chi connectivity index (χ0) is 13.1. The van der Waals surface area contributed by atoms with Crippen molar-refractivity contribution in [2.45, 2.75) is 45.7 Å². The molecule has 19 heavy (non-hydrogen) atoms. The molecule has 3 rings (SSSR count). The lowest BCUT2D eigenvalue weighted by Crippen LogP contribution is -2.22. The molecule has 1 saturated heterocycles. The van der Waals surface area contributed by atoms with Crippen LogP contribution in [0.25, 0.3) is 0 Å². The summed E-state index contributed by atoms with van der Waals surface area (Å²) in [7, 11) is 0. The summed E-state index contributed by atoms with van der Waals surface area (Å²) in [6.45, 7) is 7.81. The van der Waals surface area contributed by atoms with E-state index in [-0.39, 0.29) is 0 Å². The Bertz CT molecular complexity index is 389. The molecule has 0 spiro atoms. The number of nitrogens with one attached hydrogen (secondary N) is 1. The summed E-state index contributed by atoms with van der Waals surface area (Å²) in [5, 5.41) is 3.43. The Hall–Kier alpha value is -0.800. The summed E-state index contributed by atoms with van der Waals surface area (Å²) in [5.41, 5.74) is 1.38. The maximum atomic E-state index is 5.63. The van der Waals surface area contributed by atoms with Gasteiger partial charge in [-0.3, -0.25) is 4.90 Å². The fourth-order valence-electron chi connectivity index (χ4n) is 3.74. The van der Waals surface area contributed by atoms with Crippen molar-refractivity contribution >= 4 is 0 Å². The van der Waals surface area contributed by atoms with Crippen LogP contribution in [0.4, 0.5) is 0 Å². The number of fused-ring (bicyclic) bond motifs is 1. The monoisotopic (exact) mass is 262 g/mol. The molecule has 2 fully saturated rings. The van der Waals surface area contributed by atoms with Crippen LogP contribution in [0.15, 0.2) is 16.7 Å². The molecule has 3 heteroatoms. The number of hydrogen-bond acceptors (Lipinski definition) is 3. The summed E-state index contributed by atoms with van der Waals surface area (Å²) in [6.07, 6.45) is 7.39. The fourth-order valence-corrected chi connectivity index (χ4v) is 3.74.